The van der Waals surface area contributed by atoms with Crippen LogP contribution in [0.25, 0.3) is 0 Å². The van der Waals surface area contributed by atoms with Crippen molar-refractivity contribution in [1.82, 2.24) is 4.90 Å². The third kappa shape index (κ3) is 5.08. The Labute approximate surface area is 199 Å². The normalized spacial score (nSPS) is 41.9. The molecule has 2 bridgehead atoms. The maximum Gasteiger partial charge on any atom is 0.469 e. The molecule has 1 aliphatic carbocycles. The van der Waals surface area contributed by atoms with Gasteiger partial charge in [-0.2, -0.15) is 0 Å². The van der Waals surface area contributed by atoms with Gasteiger partial charge in [0.1, 0.15) is 24.1 Å². The Bertz CT molecular complexity index is 837. The molecule has 3 heterocycles. The number of nitrogens with two attached hydrogens (primary N) is 1. The Kier molecular flexibility index (Phi) is 7.77. The standard InChI is InChI=1S/C22H38N3O8P/c23-19-21-9-7-5-3-1-2-4-6-8-10-22(14-21,20(28)24-19)25(12-11-21)18-17(27)16(26)15(33-18)13-32-34(29,30)31/h11-12,15-18,20,26-28H,1-10,13-14H2,(H2,23,24)(H2,29,30,31). The highest BCUT2D eigenvalue weighted by molar-refractivity contribution is 7.46. The predicted molar refractivity (Wildman–Crippen MR) is 123 cm³/mol. The van der Waals surface area contributed by atoms with Gasteiger partial charge in [0.15, 0.2) is 12.5 Å². The summed E-state index contributed by atoms with van der Waals surface area (Å²) in [6, 6.07) is 0. The minimum absolute atomic E-state index is 0.419. The van der Waals surface area contributed by atoms with Crippen LogP contribution in [0.1, 0.15) is 70.6 Å². The number of nitrogens with zero attached hydrogens (tertiary/aromatic N) is 2. The minimum atomic E-state index is -4.77. The molecular weight excluding hydrogens is 465 g/mol. The maximum atomic E-state index is 11.2. The van der Waals surface area contributed by atoms with Crippen molar-refractivity contribution in [3.8, 4) is 0 Å². The molecular formula is C22H38N3O8P. The Morgan fingerprint density at radius 2 is 1.68 bits per heavy atom. The third-order valence-corrected chi connectivity index (χ3v) is 8.43. The van der Waals surface area contributed by atoms with E-state index in [1.165, 1.54) is 19.3 Å². The fraction of sp³-hybridized carbons (Fsp3) is 0.864. The van der Waals surface area contributed by atoms with Crippen LogP contribution in [0.5, 0.6) is 0 Å². The molecule has 0 aromatic heterocycles. The van der Waals surface area contributed by atoms with E-state index in [-0.39, 0.29) is 0 Å². The van der Waals surface area contributed by atoms with E-state index in [4.69, 9.17) is 20.3 Å². The van der Waals surface area contributed by atoms with E-state index >= 15 is 0 Å². The number of aliphatic hydroxyl groups excluding tert-OH is 3. The van der Waals surface area contributed by atoms with E-state index < -0.39 is 56.2 Å². The molecule has 2 fully saturated rings. The molecule has 0 aromatic rings. The van der Waals surface area contributed by atoms with Gasteiger partial charge < -0.3 is 40.5 Å². The van der Waals surface area contributed by atoms with Crippen molar-refractivity contribution < 1.29 is 38.9 Å². The first kappa shape index (κ1) is 26.0. The summed E-state index contributed by atoms with van der Waals surface area (Å²) in [5.41, 5.74) is 5.00. The Morgan fingerprint density at radius 3 is 2.32 bits per heavy atom. The van der Waals surface area contributed by atoms with Gasteiger partial charge in [0.05, 0.1) is 12.1 Å². The number of rotatable bonds is 4. The maximum absolute atomic E-state index is 11.2. The molecule has 11 nitrogen and oxygen atoms in total. The summed E-state index contributed by atoms with van der Waals surface area (Å²) in [4.78, 5) is 24.2. The first-order chi connectivity index (χ1) is 16.1. The molecule has 34 heavy (non-hydrogen) atoms. The van der Waals surface area contributed by atoms with E-state index in [1.807, 2.05) is 6.08 Å². The van der Waals surface area contributed by atoms with Gasteiger partial charge >= 0.3 is 7.82 Å². The molecule has 4 rings (SSSR count). The summed E-state index contributed by atoms with van der Waals surface area (Å²) in [5, 5.41) is 32.6. The Morgan fingerprint density at radius 1 is 1.06 bits per heavy atom. The molecule has 7 N–H and O–H groups in total. The van der Waals surface area contributed by atoms with Crippen LogP contribution in [0.4, 0.5) is 0 Å². The van der Waals surface area contributed by atoms with Crippen molar-refractivity contribution in [1.29, 1.82) is 0 Å². The zero-order chi connectivity index (χ0) is 24.6. The van der Waals surface area contributed by atoms with Crippen LogP contribution in [0, 0.1) is 5.41 Å². The number of phosphoric ester groups is 1. The highest BCUT2D eigenvalue weighted by Crippen LogP contribution is 2.51. The van der Waals surface area contributed by atoms with Crippen LogP contribution in [-0.2, 0) is 13.8 Å². The summed E-state index contributed by atoms with van der Waals surface area (Å²) in [5.74, 6) is 0.419. The lowest BCUT2D eigenvalue weighted by atomic mass is 9.64. The zero-order valence-corrected chi connectivity index (χ0v) is 20.3. The summed E-state index contributed by atoms with van der Waals surface area (Å²) in [7, 11) is -4.77. The molecule has 0 spiro atoms. The molecule has 194 valence electrons. The Balaban J connectivity index is 1.64. The van der Waals surface area contributed by atoms with Gasteiger partial charge in [0, 0.05) is 5.41 Å². The smallest absolute Gasteiger partial charge is 0.387 e. The highest BCUT2D eigenvalue weighted by atomic mass is 31.2. The zero-order valence-electron chi connectivity index (χ0n) is 19.4. The topological polar surface area (TPSA) is 178 Å². The quantitative estimate of drug-likeness (QED) is 0.304. The lowest BCUT2D eigenvalue weighted by molar-refractivity contribution is -0.157. The van der Waals surface area contributed by atoms with Crippen LogP contribution in [0.3, 0.4) is 0 Å². The molecule has 7 atom stereocenters. The number of phosphoric acid groups is 1. The van der Waals surface area contributed by atoms with Gasteiger partial charge in [-0.15, -0.1) is 0 Å². The van der Waals surface area contributed by atoms with Crippen LogP contribution in [0.2, 0.25) is 0 Å². The second-order valence-corrected chi connectivity index (χ2v) is 11.4. The average Bonchev–Trinajstić information content (AvgIpc) is 3.06. The fourth-order valence-corrected chi connectivity index (χ4v) is 6.37. The summed E-state index contributed by atoms with van der Waals surface area (Å²) >= 11 is 0. The van der Waals surface area contributed by atoms with Crippen molar-refractivity contribution in [2.75, 3.05) is 6.61 Å². The lowest BCUT2D eigenvalue weighted by Crippen LogP contribution is -2.67. The molecule has 0 aromatic carbocycles. The first-order valence-corrected chi connectivity index (χ1v) is 13.8. The lowest BCUT2D eigenvalue weighted by Gasteiger charge is -2.57. The van der Waals surface area contributed by atoms with Gasteiger partial charge in [-0.05, 0) is 25.5 Å². The van der Waals surface area contributed by atoms with E-state index in [0.29, 0.717) is 18.7 Å². The molecule has 4 aliphatic rings. The monoisotopic (exact) mass is 503 g/mol. The van der Waals surface area contributed by atoms with Crippen LogP contribution in [0.15, 0.2) is 17.3 Å². The minimum Gasteiger partial charge on any atom is -0.387 e. The number of amidine groups is 1. The van der Waals surface area contributed by atoms with E-state index in [1.54, 1.807) is 11.1 Å². The van der Waals surface area contributed by atoms with Gasteiger partial charge in [-0.3, -0.25) is 4.52 Å². The molecule has 12 heteroatoms. The van der Waals surface area contributed by atoms with Crippen LogP contribution in [-0.4, -0.2) is 78.8 Å². The summed E-state index contributed by atoms with van der Waals surface area (Å²) in [6.07, 6.45) is 8.22. The van der Waals surface area contributed by atoms with Crippen LogP contribution < -0.4 is 5.73 Å². The number of aliphatic hydroxyl groups is 3. The SMILES string of the molecule is NC1=NC(O)C23CCCCCCCCCCC1(C=CN2C1OC(COP(=O)(O)O)C(O)C1O)C3. The number of hydrogen-bond acceptors (Lipinski definition) is 9. The number of aliphatic imine (C=N–C) groups is 1. The molecule has 1 saturated carbocycles. The van der Waals surface area contributed by atoms with Crippen molar-refractivity contribution in [3.63, 3.8) is 0 Å². The Hall–Kier alpha value is -1.04. The van der Waals surface area contributed by atoms with Crippen molar-refractivity contribution >= 4 is 13.7 Å². The fourth-order valence-electron chi connectivity index (χ4n) is 6.03. The van der Waals surface area contributed by atoms with E-state index in [0.717, 1.165) is 38.5 Å². The van der Waals surface area contributed by atoms with Gasteiger partial charge in [-0.1, -0.05) is 57.4 Å². The molecule has 3 aliphatic heterocycles. The molecule has 1 saturated heterocycles. The highest BCUT2D eigenvalue weighted by Gasteiger charge is 2.59. The van der Waals surface area contributed by atoms with Crippen LogP contribution >= 0.6 is 7.82 Å². The summed E-state index contributed by atoms with van der Waals surface area (Å²) in [6.45, 7) is -0.582. The van der Waals surface area contributed by atoms with Gasteiger partial charge in [0.2, 0.25) is 0 Å². The van der Waals surface area contributed by atoms with Gasteiger partial charge in [0.25, 0.3) is 0 Å². The van der Waals surface area contributed by atoms with Gasteiger partial charge in [-0.25, -0.2) is 9.56 Å². The second kappa shape index (κ2) is 10.1. The average molecular weight is 504 g/mol. The number of hydrogen-bond donors (Lipinski definition) is 6. The number of ether oxygens (including phenoxy) is 1. The van der Waals surface area contributed by atoms with Crippen molar-refractivity contribution in [2.24, 2.45) is 16.1 Å². The van der Waals surface area contributed by atoms with Crippen molar-refractivity contribution in [3.05, 3.63) is 12.3 Å². The van der Waals surface area contributed by atoms with E-state index in [2.05, 4.69) is 9.52 Å². The second-order valence-electron chi connectivity index (χ2n) is 10.2. The summed E-state index contributed by atoms with van der Waals surface area (Å²) < 4.78 is 21.5. The molecule has 0 radical (unpaired) electrons. The van der Waals surface area contributed by atoms with Crippen molar-refractivity contribution in [2.45, 2.75) is 107 Å². The third-order valence-electron chi connectivity index (χ3n) is 7.94. The molecule has 0 amide bonds. The molecule has 7 unspecified atom stereocenters. The first-order valence-electron chi connectivity index (χ1n) is 12.3. The van der Waals surface area contributed by atoms with E-state index in [9.17, 15) is 19.9 Å². The largest absolute Gasteiger partial charge is 0.469 e. The predicted octanol–water partition coefficient (Wildman–Crippen LogP) is 1.09.